The van der Waals surface area contributed by atoms with Crippen LogP contribution in [0.25, 0.3) is 0 Å². The molecule has 5 nitrogen and oxygen atoms in total. The van der Waals surface area contributed by atoms with Gasteiger partial charge in [-0.3, -0.25) is 14.4 Å². The molecule has 126 valence electrons. The fraction of sp³-hybridized carbons (Fsp3) is 0.471. The highest BCUT2D eigenvalue weighted by Crippen LogP contribution is 2.12. The molecule has 1 aromatic rings. The second-order valence-electron chi connectivity index (χ2n) is 4.96. The van der Waals surface area contributed by atoms with Gasteiger partial charge in [0.2, 0.25) is 5.91 Å². The van der Waals surface area contributed by atoms with Crippen LogP contribution in [0.1, 0.15) is 43.5 Å². The van der Waals surface area contributed by atoms with Crippen molar-refractivity contribution in [3.05, 3.63) is 34.9 Å². The summed E-state index contributed by atoms with van der Waals surface area (Å²) in [4.78, 5) is 37.1. The lowest BCUT2D eigenvalue weighted by atomic mass is 10.1. The molecule has 0 saturated heterocycles. The number of ketones is 1. The number of rotatable bonds is 9. The Morgan fingerprint density at radius 1 is 1.04 bits per heavy atom. The van der Waals surface area contributed by atoms with Crippen molar-refractivity contribution in [3.8, 4) is 0 Å². The Bertz CT molecular complexity index is 542. The van der Waals surface area contributed by atoms with Crippen molar-refractivity contribution in [1.29, 1.82) is 0 Å². The van der Waals surface area contributed by atoms with E-state index >= 15 is 0 Å². The molecule has 6 heteroatoms. The molecule has 1 rings (SSSR count). The Labute approximate surface area is 141 Å². The van der Waals surface area contributed by atoms with Crippen LogP contribution >= 0.6 is 11.6 Å². The number of nitrogens with zero attached hydrogens (tertiary/aromatic N) is 1. The third-order valence-corrected chi connectivity index (χ3v) is 3.61. The number of ether oxygens (including phenoxy) is 1. The lowest BCUT2D eigenvalue weighted by molar-refractivity contribution is -0.144. The van der Waals surface area contributed by atoms with E-state index in [2.05, 4.69) is 0 Å². The number of benzene rings is 1. The maximum absolute atomic E-state index is 12.1. The van der Waals surface area contributed by atoms with E-state index in [-0.39, 0.29) is 36.9 Å². The minimum absolute atomic E-state index is 0.100. The number of hydrogen-bond donors (Lipinski definition) is 0. The molecule has 0 spiro atoms. The summed E-state index contributed by atoms with van der Waals surface area (Å²) in [6.45, 7) is 4.71. The molecule has 0 unspecified atom stereocenters. The van der Waals surface area contributed by atoms with Gasteiger partial charge >= 0.3 is 5.97 Å². The molecule has 0 aliphatic rings. The Balaban J connectivity index is 2.45. The summed E-state index contributed by atoms with van der Waals surface area (Å²) < 4.78 is 4.84. The van der Waals surface area contributed by atoms with Crippen molar-refractivity contribution in [2.75, 3.05) is 19.7 Å². The lowest BCUT2D eigenvalue weighted by Gasteiger charge is -2.20. The molecule has 0 aromatic heterocycles. The first-order valence-corrected chi connectivity index (χ1v) is 8.07. The van der Waals surface area contributed by atoms with E-state index in [9.17, 15) is 14.4 Å². The lowest BCUT2D eigenvalue weighted by Crippen LogP contribution is -2.33. The van der Waals surface area contributed by atoms with E-state index in [0.29, 0.717) is 30.3 Å². The topological polar surface area (TPSA) is 63.7 Å². The van der Waals surface area contributed by atoms with Crippen molar-refractivity contribution in [2.45, 2.75) is 33.1 Å². The van der Waals surface area contributed by atoms with E-state index in [1.165, 1.54) is 0 Å². The standard InChI is InChI=1S/C17H22ClNO4/c1-3-19(12-11-17(22)23-4-2)16(21)10-9-15(20)13-5-7-14(18)8-6-13/h5-8H,3-4,9-12H2,1-2H3. The van der Waals surface area contributed by atoms with Gasteiger partial charge in [-0.25, -0.2) is 0 Å². The minimum atomic E-state index is -0.323. The van der Waals surface area contributed by atoms with Crippen molar-refractivity contribution in [3.63, 3.8) is 0 Å². The molecule has 0 aliphatic heterocycles. The van der Waals surface area contributed by atoms with E-state index < -0.39 is 0 Å². The van der Waals surface area contributed by atoms with Gasteiger partial charge in [0.15, 0.2) is 5.78 Å². The summed E-state index contributed by atoms with van der Waals surface area (Å²) in [6.07, 6.45) is 0.424. The SMILES string of the molecule is CCOC(=O)CCN(CC)C(=O)CCC(=O)c1ccc(Cl)cc1. The molecule has 1 amide bonds. The van der Waals surface area contributed by atoms with Gasteiger partial charge in [0.1, 0.15) is 0 Å². The number of carbonyl (C=O) groups is 3. The zero-order valence-electron chi connectivity index (χ0n) is 13.5. The highest BCUT2D eigenvalue weighted by Gasteiger charge is 2.16. The predicted molar refractivity (Wildman–Crippen MR) is 88.5 cm³/mol. The molecular formula is C17H22ClNO4. The van der Waals surface area contributed by atoms with Gasteiger partial charge in [-0.1, -0.05) is 11.6 Å². The molecule has 1 aromatic carbocycles. The van der Waals surface area contributed by atoms with Crippen LogP contribution in [0.3, 0.4) is 0 Å². The highest BCUT2D eigenvalue weighted by atomic mass is 35.5. The van der Waals surface area contributed by atoms with Gasteiger partial charge < -0.3 is 9.64 Å². The first-order valence-electron chi connectivity index (χ1n) is 7.70. The molecule has 23 heavy (non-hydrogen) atoms. The number of carbonyl (C=O) groups excluding carboxylic acids is 3. The first-order chi connectivity index (χ1) is 11.0. The first kappa shape index (κ1) is 19.2. The second kappa shape index (κ2) is 10.0. The quantitative estimate of drug-likeness (QED) is 0.512. The van der Waals surface area contributed by atoms with E-state index in [1.54, 1.807) is 36.1 Å². The van der Waals surface area contributed by atoms with E-state index in [1.807, 2.05) is 6.92 Å². The number of Topliss-reactive ketones (excluding diaryl/α,β-unsaturated/α-hetero) is 1. The van der Waals surface area contributed by atoms with Crippen molar-refractivity contribution in [1.82, 2.24) is 4.90 Å². The van der Waals surface area contributed by atoms with Crippen molar-refractivity contribution in [2.24, 2.45) is 0 Å². The van der Waals surface area contributed by atoms with Crippen LogP contribution in [0.4, 0.5) is 0 Å². The third kappa shape index (κ3) is 6.82. The highest BCUT2D eigenvalue weighted by molar-refractivity contribution is 6.30. The average molecular weight is 340 g/mol. The van der Waals surface area contributed by atoms with Crippen LogP contribution in [0, 0.1) is 0 Å². The Morgan fingerprint density at radius 3 is 2.26 bits per heavy atom. The largest absolute Gasteiger partial charge is 0.466 e. The van der Waals surface area contributed by atoms with Gasteiger partial charge in [-0.15, -0.1) is 0 Å². The van der Waals surface area contributed by atoms with Gasteiger partial charge in [-0.2, -0.15) is 0 Å². The third-order valence-electron chi connectivity index (χ3n) is 3.36. The van der Waals surface area contributed by atoms with Gasteiger partial charge in [0.05, 0.1) is 13.0 Å². The zero-order valence-corrected chi connectivity index (χ0v) is 14.3. The number of halogens is 1. The number of esters is 1. The average Bonchev–Trinajstić information content (AvgIpc) is 2.54. The summed E-state index contributed by atoms with van der Waals surface area (Å²) in [7, 11) is 0. The molecule has 0 aliphatic carbocycles. The van der Waals surface area contributed by atoms with Crippen LogP contribution in [-0.4, -0.2) is 42.3 Å². The molecule has 0 N–H and O–H groups in total. The maximum Gasteiger partial charge on any atom is 0.307 e. The van der Waals surface area contributed by atoms with E-state index in [0.717, 1.165) is 0 Å². The van der Waals surface area contributed by atoms with Crippen LogP contribution in [-0.2, 0) is 14.3 Å². The Morgan fingerprint density at radius 2 is 1.70 bits per heavy atom. The van der Waals surface area contributed by atoms with Crippen molar-refractivity contribution >= 4 is 29.3 Å². The number of amides is 1. The molecule has 0 heterocycles. The Hall–Kier alpha value is -1.88. The smallest absolute Gasteiger partial charge is 0.307 e. The molecule has 0 radical (unpaired) electrons. The monoisotopic (exact) mass is 339 g/mol. The Kier molecular flexibility index (Phi) is 8.33. The molecular weight excluding hydrogens is 318 g/mol. The zero-order chi connectivity index (χ0) is 17.2. The summed E-state index contributed by atoms with van der Waals surface area (Å²) in [5.74, 6) is -0.563. The minimum Gasteiger partial charge on any atom is -0.466 e. The fourth-order valence-electron chi connectivity index (χ4n) is 2.08. The predicted octanol–water partition coefficient (Wildman–Crippen LogP) is 3.10. The van der Waals surface area contributed by atoms with Crippen LogP contribution in [0.2, 0.25) is 5.02 Å². The van der Waals surface area contributed by atoms with Gasteiger partial charge in [0, 0.05) is 36.5 Å². The van der Waals surface area contributed by atoms with Crippen molar-refractivity contribution < 1.29 is 19.1 Å². The fourth-order valence-corrected chi connectivity index (χ4v) is 2.20. The molecule has 0 bridgehead atoms. The molecule has 0 saturated carbocycles. The number of hydrogen-bond acceptors (Lipinski definition) is 4. The summed E-state index contributed by atoms with van der Waals surface area (Å²) in [5, 5.41) is 0.564. The summed E-state index contributed by atoms with van der Waals surface area (Å²) >= 11 is 5.78. The second-order valence-corrected chi connectivity index (χ2v) is 5.39. The van der Waals surface area contributed by atoms with Crippen LogP contribution < -0.4 is 0 Å². The summed E-state index contributed by atoms with van der Waals surface area (Å²) in [5.41, 5.74) is 0.539. The molecule has 0 fully saturated rings. The van der Waals surface area contributed by atoms with E-state index in [4.69, 9.17) is 16.3 Å². The van der Waals surface area contributed by atoms with Gasteiger partial charge in [-0.05, 0) is 38.1 Å². The maximum atomic E-state index is 12.1. The van der Waals surface area contributed by atoms with Gasteiger partial charge in [0.25, 0.3) is 0 Å². The summed E-state index contributed by atoms with van der Waals surface area (Å²) in [6, 6.07) is 6.59. The van der Waals surface area contributed by atoms with Crippen LogP contribution in [0.5, 0.6) is 0 Å². The van der Waals surface area contributed by atoms with Crippen LogP contribution in [0.15, 0.2) is 24.3 Å². The normalized spacial score (nSPS) is 10.2. The molecule has 0 atom stereocenters.